The second kappa shape index (κ2) is 54.0. The van der Waals surface area contributed by atoms with Gasteiger partial charge in [0.25, 0.3) is 0 Å². The van der Waals surface area contributed by atoms with Crippen LogP contribution in [0.25, 0.3) is 0 Å². The van der Waals surface area contributed by atoms with Crippen LogP contribution in [0, 0.1) is 0 Å². The molecule has 80 heavy (non-hydrogen) atoms. The van der Waals surface area contributed by atoms with Crippen molar-refractivity contribution in [3.05, 3.63) is 0 Å². The van der Waals surface area contributed by atoms with Crippen molar-refractivity contribution in [1.29, 1.82) is 0 Å². The summed E-state index contributed by atoms with van der Waals surface area (Å²) in [5, 5.41) is 74.5. The Bertz CT molecular complexity index is 1260. The minimum absolute atomic E-state index is 0.0240. The summed E-state index contributed by atoms with van der Waals surface area (Å²) >= 11 is 0. The molecule has 0 fully saturated rings. The maximum atomic E-state index is 14.8. The van der Waals surface area contributed by atoms with E-state index in [0.717, 1.165) is 154 Å². The summed E-state index contributed by atoms with van der Waals surface area (Å²) in [6.07, 6.45) is 26.1. The quantitative estimate of drug-likeness (QED) is 0.0204. The summed E-state index contributed by atoms with van der Waals surface area (Å²) < 4.78 is 14.8. The van der Waals surface area contributed by atoms with Crippen molar-refractivity contribution >= 4 is 24.9 Å². The van der Waals surface area contributed by atoms with Crippen molar-refractivity contribution in [2.24, 2.45) is 0 Å². The van der Waals surface area contributed by atoms with Crippen molar-refractivity contribution in [3.63, 3.8) is 0 Å². The molecule has 0 rings (SSSR count). The lowest BCUT2D eigenvalue weighted by molar-refractivity contribution is -0.121. The largest absolute Gasteiger partial charge is 0.392 e. The molecule has 0 aliphatic heterocycles. The van der Waals surface area contributed by atoms with E-state index < -0.39 is 43.8 Å². The highest BCUT2D eigenvalue weighted by atomic mass is 31.2. The summed E-state index contributed by atoms with van der Waals surface area (Å²) in [6, 6.07) is 0. The third-order valence-corrected chi connectivity index (χ3v) is 18.8. The van der Waals surface area contributed by atoms with Crippen LogP contribution in [-0.4, -0.2) is 197 Å². The SMILES string of the molecule is CCCCCCC(O)CN(CCNC(=O)CCP(=O)(CCC(=O)NCCN(CC(O)CCCCCC)CC(O)CCCCCC)CCC(=O)NCCN(CC(O)CCCCCC)CC(O)CCCCCC)CC(O)CCCCCC. The topological polar surface area (TPSA) is 235 Å². The third kappa shape index (κ3) is 48.6. The Morgan fingerprint density at radius 3 is 0.688 bits per heavy atom. The fourth-order valence-electron chi connectivity index (χ4n) is 10.5. The number of hydrogen-bond donors (Lipinski definition) is 9. The second-order valence-electron chi connectivity index (χ2n) is 23.8. The molecule has 0 aromatic carbocycles. The van der Waals surface area contributed by atoms with Crippen LogP contribution in [-0.2, 0) is 18.9 Å². The molecule has 0 aliphatic carbocycles. The number of nitrogens with one attached hydrogen (secondary N) is 3. The van der Waals surface area contributed by atoms with Crippen molar-refractivity contribution < 1.29 is 49.6 Å². The van der Waals surface area contributed by atoms with Crippen molar-refractivity contribution in [2.45, 2.75) is 290 Å². The van der Waals surface area contributed by atoms with Gasteiger partial charge in [-0.25, -0.2) is 0 Å². The van der Waals surface area contributed by atoms with Crippen LogP contribution in [0.1, 0.15) is 253 Å². The summed E-state index contributed by atoms with van der Waals surface area (Å²) in [4.78, 5) is 46.5. The number of unbranched alkanes of at least 4 members (excludes halogenated alkanes) is 18. The molecule has 9 N–H and O–H groups in total. The molecule has 0 saturated carbocycles. The molecule has 17 heteroatoms. The first kappa shape index (κ1) is 78.3. The van der Waals surface area contributed by atoms with Gasteiger partial charge >= 0.3 is 0 Å². The highest BCUT2D eigenvalue weighted by Crippen LogP contribution is 2.47. The molecule has 0 heterocycles. The molecule has 0 bridgehead atoms. The van der Waals surface area contributed by atoms with Crippen LogP contribution < -0.4 is 16.0 Å². The van der Waals surface area contributed by atoms with Gasteiger partial charge in [0.1, 0.15) is 0 Å². The predicted octanol–water partition coefficient (Wildman–Crippen LogP) is 9.76. The number of aliphatic hydroxyl groups is 6. The molecule has 0 aliphatic rings. The van der Waals surface area contributed by atoms with E-state index in [1.165, 1.54) is 0 Å². The zero-order chi connectivity index (χ0) is 59.5. The van der Waals surface area contributed by atoms with Gasteiger partial charge in [-0.05, 0) is 38.5 Å². The van der Waals surface area contributed by atoms with Crippen LogP contribution >= 0.6 is 7.14 Å². The lowest BCUT2D eigenvalue weighted by Gasteiger charge is -2.28. The molecule has 16 nitrogen and oxygen atoms in total. The Labute approximate surface area is 490 Å². The fraction of sp³-hybridized carbons (Fsp3) is 0.952. The van der Waals surface area contributed by atoms with E-state index in [-0.39, 0.29) is 75.1 Å². The van der Waals surface area contributed by atoms with E-state index in [9.17, 15) is 49.6 Å². The maximum absolute atomic E-state index is 14.8. The van der Waals surface area contributed by atoms with E-state index in [4.69, 9.17) is 0 Å². The first-order valence-corrected chi connectivity index (χ1v) is 35.4. The van der Waals surface area contributed by atoms with Gasteiger partial charge in [0, 0.05) is 116 Å². The number of aliphatic hydroxyl groups excluding tert-OH is 6. The molecule has 0 saturated heterocycles. The van der Waals surface area contributed by atoms with Gasteiger partial charge in [-0.15, -0.1) is 0 Å². The van der Waals surface area contributed by atoms with Crippen LogP contribution in [0.2, 0.25) is 0 Å². The maximum Gasteiger partial charge on any atom is 0.220 e. The minimum Gasteiger partial charge on any atom is -0.392 e. The second-order valence-corrected chi connectivity index (χ2v) is 27.3. The highest BCUT2D eigenvalue weighted by molar-refractivity contribution is 7.64. The summed E-state index contributed by atoms with van der Waals surface area (Å²) in [7, 11) is -3.26. The van der Waals surface area contributed by atoms with Crippen molar-refractivity contribution in [3.8, 4) is 0 Å². The molecule has 0 radical (unpaired) electrons. The highest BCUT2D eigenvalue weighted by Gasteiger charge is 2.27. The minimum atomic E-state index is -3.26. The molecular weight excluding hydrogens is 1030 g/mol. The van der Waals surface area contributed by atoms with Gasteiger partial charge in [0.15, 0.2) is 0 Å². The molecule has 0 aromatic rings. The molecule has 0 spiro atoms. The number of carbonyl (C=O) groups is 3. The van der Waals surface area contributed by atoms with Crippen LogP contribution in [0.3, 0.4) is 0 Å². The number of rotatable bonds is 60. The molecule has 0 aromatic heterocycles. The predicted molar refractivity (Wildman–Crippen MR) is 333 cm³/mol. The number of carbonyl (C=O) groups excluding carboxylic acids is 3. The Balaban J connectivity index is 6.02. The van der Waals surface area contributed by atoms with Crippen molar-refractivity contribution in [1.82, 2.24) is 30.7 Å². The van der Waals surface area contributed by atoms with E-state index in [2.05, 4.69) is 57.5 Å². The molecular formula is C63H129N6O10P. The zero-order valence-corrected chi connectivity index (χ0v) is 53.4. The van der Waals surface area contributed by atoms with Gasteiger partial charge in [-0.1, -0.05) is 196 Å². The van der Waals surface area contributed by atoms with Crippen molar-refractivity contribution in [2.75, 3.05) is 97.0 Å². The van der Waals surface area contributed by atoms with Gasteiger partial charge in [-0.2, -0.15) is 0 Å². The summed E-state index contributed by atoms with van der Waals surface area (Å²) in [5.74, 6) is -0.876. The molecule has 476 valence electrons. The van der Waals surface area contributed by atoms with E-state index in [0.29, 0.717) is 97.4 Å². The standard InChI is InChI=1S/C63H129N6O10P/c1-7-13-19-25-31-55(70)49-67(50-56(71)32-26-20-14-8-2)43-40-64-61(76)37-46-80(79,47-38-62(77)65-41-44-68(51-57(72)33-27-21-15-9-3)52-58(73)34-28-22-16-10-4)48-39-63(78)66-42-45-69(53-59(74)35-29-23-17-11-5)54-60(75)36-30-24-18-12-6/h55-60,70-75H,7-54H2,1-6H3,(H,64,76)(H,65,77)(H,66,78). The van der Waals surface area contributed by atoms with E-state index in [1.54, 1.807) is 0 Å². The molecule has 6 atom stereocenters. The third-order valence-electron chi connectivity index (χ3n) is 15.6. The smallest absolute Gasteiger partial charge is 0.220 e. The van der Waals surface area contributed by atoms with Gasteiger partial charge in [-0.3, -0.25) is 29.1 Å². The first-order chi connectivity index (χ1) is 38.5. The van der Waals surface area contributed by atoms with Crippen LogP contribution in [0.5, 0.6) is 0 Å². The number of amides is 3. The Morgan fingerprint density at radius 1 is 0.325 bits per heavy atom. The average Bonchev–Trinajstić information content (AvgIpc) is 3.42. The Hall–Kier alpha value is -1.72. The Morgan fingerprint density at radius 2 is 0.512 bits per heavy atom. The number of hydrogen-bond acceptors (Lipinski definition) is 13. The summed E-state index contributed by atoms with van der Waals surface area (Å²) in [5.41, 5.74) is 0. The zero-order valence-electron chi connectivity index (χ0n) is 52.5. The van der Waals surface area contributed by atoms with Gasteiger partial charge in [0.05, 0.1) is 43.8 Å². The van der Waals surface area contributed by atoms with E-state index >= 15 is 0 Å². The monoisotopic (exact) mass is 1160 g/mol. The lowest BCUT2D eigenvalue weighted by atomic mass is 10.1. The first-order valence-electron chi connectivity index (χ1n) is 33.2. The molecule has 6 unspecified atom stereocenters. The van der Waals surface area contributed by atoms with Gasteiger partial charge in [0.2, 0.25) is 17.7 Å². The normalized spacial score (nSPS) is 15.0. The lowest BCUT2D eigenvalue weighted by Crippen LogP contribution is -2.42. The van der Waals surface area contributed by atoms with E-state index in [1.807, 2.05) is 14.7 Å². The molecule has 3 amide bonds. The number of nitrogens with zero attached hydrogens (tertiary/aromatic N) is 3. The Kier molecular flexibility index (Phi) is 52.8. The summed E-state index contributed by atoms with van der Waals surface area (Å²) in [6.45, 7) is 17.5. The van der Waals surface area contributed by atoms with Gasteiger partial charge < -0.3 is 51.2 Å². The van der Waals surface area contributed by atoms with Crippen LogP contribution in [0.15, 0.2) is 0 Å². The average molecular weight is 1160 g/mol. The van der Waals surface area contributed by atoms with Crippen LogP contribution in [0.4, 0.5) is 0 Å². The fourth-order valence-corrected chi connectivity index (χ4v) is 13.0.